The van der Waals surface area contributed by atoms with Gasteiger partial charge in [-0.2, -0.15) is 5.26 Å². The average Bonchev–Trinajstić information content (AvgIpc) is 3.12. The molecule has 3 rings (SSSR count). The maximum Gasteiger partial charge on any atom is 0.313 e. The predicted octanol–water partition coefficient (Wildman–Crippen LogP) is 2.26. The van der Waals surface area contributed by atoms with E-state index in [0.717, 1.165) is 18.4 Å². The fraction of sp³-hybridized carbons (Fsp3) is 0.222. The van der Waals surface area contributed by atoms with Gasteiger partial charge < -0.3 is 10.2 Å². The third-order valence-electron chi connectivity index (χ3n) is 4.07. The molecule has 120 valence electrons. The van der Waals surface area contributed by atoms with Crippen LogP contribution in [0.2, 0.25) is 0 Å². The van der Waals surface area contributed by atoms with Crippen molar-refractivity contribution in [1.29, 1.82) is 5.26 Å². The Kier molecular flexibility index (Phi) is 4.52. The first-order valence-electron chi connectivity index (χ1n) is 7.71. The van der Waals surface area contributed by atoms with Crippen molar-refractivity contribution in [2.45, 2.75) is 18.9 Å². The summed E-state index contributed by atoms with van der Waals surface area (Å²) < 4.78 is 0. The van der Waals surface area contributed by atoms with Crippen LogP contribution in [0.5, 0.6) is 0 Å². The molecule has 0 bridgehead atoms. The summed E-state index contributed by atoms with van der Waals surface area (Å²) in [5.74, 6) is -1.32. The van der Waals surface area contributed by atoms with Crippen LogP contribution in [0.25, 0.3) is 0 Å². The van der Waals surface area contributed by atoms with Gasteiger partial charge >= 0.3 is 11.8 Å². The van der Waals surface area contributed by atoms with E-state index >= 15 is 0 Å². The molecule has 0 aliphatic carbocycles. The number of carbonyl (C=O) groups is 2. The van der Waals surface area contributed by atoms with Gasteiger partial charge in [0.05, 0.1) is 17.3 Å². The van der Waals surface area contributed by atoms with Crippen LogP contribution < -0.4 is 5.32 Å². The minimum Gasteiger partial charge on any atom is -0.327 e. The second-order valence-electron chi connectivity index (χ2n) is 5.55. The molecule has 1 N–H and O–H groups in total. The van der Waals surface area contributed by atoms with E-state index in [-0.39, 0.29) is 6.04 Å². The number of para-hydroxylation sites is 1. The van der Waals surface area contributed by atoms with E-state index in [1.165, 1.54) is 0 Å². The van der Waals surface area contributed by atoms with E-state index in [1.807, 2.05) is 18.2 Å². The van der Waals surface area contributed by atoms with Gasteiger partial charge in [-0.15, -0.1) is 0 Å². The second-order valence-corrected chi connectivity index (χ2v) is 5.55. The summed E-state index contributed by atoms with van der Waals surface area (Å²) in [6.07, 6.45) is 5.04. The molecule has 0 spiro atoms. The van der Waals surface area contributed by atoms with Crippen molar-refractivity contribution < 1.29 is 9.59 Å². The number of benzene rings is 1. The molecule has 2 amide bonds. The van der Waals surface area contributed by atoms with Crippen LogP contribution in [0.3, 0.4) is 0 Å². The van der Waals surface area contributed by atoms with Crippen LogP contribution in [-0.2, 0) is 9.59 Å². The molecule has 0 unspecified atom stereocenters. The maximum absolute atomic E-state index is 12.5. The van der Waals surface area contributed by atoms with E-state index in [0.29, 0.717) is 17.8 Å². The molecule has 0 radical (unpaired) electrons. The lowest BCUT2D eigenvalue weighted by Crippen LogP contribution is -2.39. The number of likely N-dealkylation sites (tertiary alicyclic amines) is 1. The molecule has 1 aromatic carbocycles. The standard InChI is InChI=1S/C18H16N4O2/c19-11-13-5-1-2-7-15(13)21-17(23)18(24)22-10-4-8-16(22)14-6-3-9-20-12-14/h1-3,5-7,9,12,16H,4,8,10H2,(H,21,23)/t16-/m0/s1. The highest BCUT2D eigenvalue weighted by atomic mass is 16.2. The van der Waals surface area contributed by atoms with Gasteiger partial charge in [-0.05, 0) is 36.6 Å². The van der Waals surface area contributed by atoms with Crippen molar-refractivity contribution in [3.63, 3.8) is 0 Å². The molecular formula is C18H16N4O2. The summed E-state index contributed by atoms with van der Waals surface area (Å²) in [4.78, 5) is 30.5. The molecule has 1 atom stereocenters. The third-order valence-corrected chi connectivity index (χ3v) is 4.07. The Hall–Kier alpha value is -3.20. The SMILES string of the molecule is N#Cc1ccccc1NC(=O)C(=O)N1CCC[C@H]1c1cccnc1. The van der Waals surface area contributed by atoms with Gasteiger partial charge in [-0.1, -0.05) is 18.2 Å². The minimum absolute atomic E-state index is 0.136. The van der Waals surface area contributed by atoms with E-state index in [1.54, 1.807) is 41.6 Å². The summed E-state index contributed by atoms with van der Waals surface area (Å²) in [6.45, 7) is 0.533. The lowest BCUT2D eigenvalue weighted by molar-refractivity contribution is -0.143. The number of hydrogen-bond donors (Lipinski definition) is 1. The summed E-state index contributed by atoms with van der Waals surface area (Å²) >= 11 is 0. The van der Waals surface area contributed by atoms with Gasteiger partial charge in [0.2, 0.25) is 0 Å². The van der Waals surface area contributed by atoms with Gasteiger partial charge in [0.1, 0.15) is 6.07 Å². The highest BCUT2D eigenvalue weighted by Crippen LogP contribution is 2.31. The molecule has 2 aromatic rings. The topological polar surface area (TPSA) is 86.1 Å². The van der Waals surface area contributed by atoms with Gasteiger partial charge in [0.25, 0.3) is 0 Å². The van der Waals surface area contributed by atoms with Crippen molar-refractivity contribution in [3.8, 4) is 6.07 Å². The van der Waals surface area contributed by atoms with Crippen LogP contribution in [0.4, 0.5) is 5.69 Å². The first kappa shape index (κ1) is 15.7. The summed E-state index contributed by atoms with van der Waals surface area (Å²) in [6, 6.07) is 12.2. The summed E-state index contributed by atoms with van der Waals surface area (Å²) in [7, 11) is 0. The summed E-state index contributed by atoms with van der Waals surface area (Å²) in [5.41, 5.74) is 1.59. The fourth-order valence-electron chi connectivity index (χ4n) is 2.93. The normalized spacial score (nSPS) is 16.5. The average molecular weight is 320 g/mol. The van der Waals surface area contributed by atoms with Crippen molar-refractivity contribution >= 4 is 17.5 Å². The molecule has 24 heavy (non-hydrogen) atoms. The lowest BCUT2D eigenvalue weighted by atomic mass is 10.1. The number of nitrogens with zero attached hydrogens (tertiary/aromatic N) is 3. The van der Waals surface area contributed by atoms with Crippen LogP contribution >= 0.6 is 0 Å². The zero-order valence-corrected chi connectivity index (χ0v) is 13.0. The van der Waals surface area contributed by atoms with Crippen LogP contribution in [0, 0.1) is 11.3 Å². The highest BCUT2D eigenvalue weighted by molar-refractivity contribution is 6.39. The van der Waals surface area contributed by atoms with Crippen molar-refractivity contribution in [2.75, 3.05) is 11.9 Å². The molecular weight excluding hydrogens is 304 g/mol. The van der Waals surface area contributed by atoms with E-state index in [2.05, 4.69) is 10.3 Å². The number of aromatic nitrogens is 1. The van der Waals surface area contributed by atoms with Crippen LogP contribution in [0.15, 0.2) is 48.8 Å². The number of nitrogens with one attached hydrogen (secondary N) is 1. The summed E-state index contributed by atoms with van der Waals surface area (Å²) in [5, 5.41) is 11.6. The number of anilines is 1. The highest BCUT2D eigenvalue weighted by Gasteiger charge is 2.33. The maximum atomic E-state index is 12.5. The fourth-order valence-corrected chi connectivity index (χ4v) is 2.93. The Morgan fingerprint density at radius 3 is 2.83 bits per heavy atom. The largest absolute Gasteiger partial charge is 0.327 e. The van der Waals surface area contributed by atoms with Gasteiger partial charge in [0.15, 0.2) is 0 Å². The molecule has 0 saturated carbocycles. The number of hydrogen-bond acceptors (Lipinski definition) is 4. The number of pyridine rings is 1. The molecule has 1 aliphatic heterocycles. The second kappa shape index (κ2) is 6.92. The van der Waals surface area contributed by atoms with Crippen LogP contribution in [0.1, 0.15) is 30.0 Å². The zero-order valence-electron chi connectivity index (χ0n) is 13.0. The Morgan fingerprint density at radius 2 is 2.08 bits per heavy atom. The Morgan fingerprint density at radius 1 is 1.25 bits per heavy atom. The van der Waals surface area contributed by atoms with E-state index in [9.17, 15) is 9.59 Å². The molecule has 6 nitrogen and oxygen atoms in total. The third kappa shape index (κ3) is 3.10. The van der Waals surface area contributed by atoms with Crippen molar-refractivity contribution in [1.82, 2.24) is 9.88 Å². The number of amides is 2. The van der Waals surface area contributed by atoms with Gasteiger partial charge in [0, 0.05) is 18.9 Å². The van der Waals surface area contributed by atoms with Gasteiger partial charge in [-0.3, -0.25) is 14.6 Å². The molecule has 2 heterocycles. The lowest BCUT2D eigenvalue weighted by Gasteiger charge is -2.24. The molecule has 6 heteroatoms. The first-order valence-corrected chi connectivity index (χ1v) is 7.71. The quantitative estimate of drug-likeness (QED) is 0.860. The zero-order chi connectivity index (χ0) is 16.9. The van der Waals surface area contributed by atoms with E-state index in [4.69, 9.17) is 5.26 Å². The Balaban J connectivity index is 1.76. The molecule has 1 fully saturated rings. The Labute approximate surface area is 139 Å². The number of rotatable bonds is 2. The monoisotopic (exact) mass is 320 g/mol. The molecule has 1 aromatic heterocycles. The van der Waals surface area contributed by atoms with E-state index < -0.39 is 11.8 Å². The molecule has 1 saturated heterocycles. The number of carbonyl (C=O) groups excluding carboxylic acids is 2. The molecule has 1 aliphatic rings. The minimum atomic E-state index is -0.728. The first-order chi connectivity index (χ1) is 11.7. The van der Waals surface area contributed by atoms with Gasteiger partial charge in [-0.25, -0.2) is 0 Å². The predicted molar refractivity (Wildman–Crippen MR) is 87.7 cm³/mol. The van der Waals surface area contributed by atoms with Crippen LogP contribution in [-0.4, -0.2) is 28.2 Å². The smallest absolute Gasteiger partial charge is 0.313 e. The number of nitriles is 1. The van der Waals surface area contributed by atoms with Crippen molar-refractivity contribution in [2.24, 2.45) is 0 Å². The Bertz CT molecular complexity index is 798. The van der Waals surface area contributed by atoms with Crippen molar-refractivity contribution in [3.05, 3.63) is 59.9 Å².